The van der Waals surface area contributed by atoms with Crippen molar-refractivity contribution in [2.45, 2.75) is 13.8 Å². The molecular formula is C13H19Cl2N3O2. The molecule has 0 aliphatic carbocycles. The summed E-state index contributed by atoms with van der Waals surface area (Å²) in [5.41, 5.74) is 0.432. The Morgan fingerprint density at radius 1 is 1.30 bits per heavy atom. The molecule has 0 radical (unpaired) electrons. The van der Waals surface area contributed by atoms with E-state index in [0.717, 1.165) is 6.54 Å². The normalized spacial score (nSPS) is 11.8. The first-order valence-electron chi connectivity index (χ1n) is 6.14. The Morgan fingerprint density at radius 2 is 1.80 bits per heavy atom. The Labute approximate surface area is 129 Å². The zero-order valence-corrected chi connectivity index (χ0v) is 13.5. The molecule has 0 unspecified atom stereocenters. The largest absolute Gasteiger partial charge is 0.382 e. The van der Waals surface area contributed by atoms with Crippen molar-refractivity contribution >= 4 is 34.6 Å². The van der Waals surface area contributed by atoms with Crippen molar-refractivity contribution in [2.24, 2.45) is 5.41 Å². The van der Waals surface area contributed by atoms with Gasteiger partial charge in [-0.2, -0.15) is 0 Å². The van der Waals surface area contributed by atoms with Gasteiger partial charge in [-0.1, -0.05) is 37.0 Å². The molecule has 0 spiro atoms. The van der Waals surface area contributed by atoms with Gasteiger partial charge >= 0.3 is 0 Å². The number of anilines is 1. The van der Waals surface area contributed by atoms with Gasteiger partial charge in [0.25, 0.3) is 5.69 Å². The molecule has 0 aliphatic heterocycles. The summed E-state index contributed by atoms with van der Waals surface area (Å²) in [6.45, 7) is 5.78. The van der Waals surface area contributed by atoms with Crippen LogP contribution in [0.3, 0.4) is 0 Å². The second-order valence-electron chi connectivity index (χ2n) is 5.80. The summed E-state index contributed by atoms with van der Waals surface area (Å²) < 4.78 is 0. The van der Waals surface area contributed by atoms with Gasteiger partial charge in [-0.05, 0) is 19.5 Å². The highest BCUT2D eigenvalue weighted by Crippen LogP contribution is 2.35. The minimum Gasteiger partial charge on any atom is -0.382 e. The molecule has 0 aliphatic rings. The van der Waals surface area contributed by atoms with Gasteiger partial charge in [0.15, 0.2) is 0 Å². The lowest BCUT2D eigenvalue weighted by molar-refractivity contribution is -0.384. The molecule has 0 heterocycles. The van der Waals surface area contributed by atoms with E-state index in [9.17, 15) is 10.1 Å². The van der Waals surface area contributed by atoms with Gasteiger partial charge < -0.3 is 10.2 Å². The van der Waals surface area contributed by atoms with E-state index >= 15 is 0 Å². The molecule has 0 saturated carbocycles. The number of rotatable bonds is 6. The molecule has 0 amide bonds. The lowest BCUT2D eigenvalue weighted by atomic mass is 9.93. The van der Waals surface area contributed by atoms with Crippen molar-refractivity contribution in [3.8, 4) is 0 Å². The Morgan fingerprint density at radius 3 is 2.20 bits per heavy atom. The second-order valence-corrected chi connectivity index (χ2v) is 6.61. The number of nitrogens with one attached hydrogen (secondary N) is 1. The van der Waals surface area contributed by atoms with Crippen LogP contribution in [0.2, 0.25) is 10.0 Å². The van der Waals surface area contributed by atoms with Crippen LogP contribution in [0.4, 0.5) is 11.4 Å². The number of halogens is 2. The van der Waals surface area contributed by atoms with Gasteiger partial charge in [-0.15, -0.1) is 0 Å². The van der Waals surface area contributed by atoms with Crippen LogP contribution >= 0.6 is 23.2 Å². The van der Waals surface area contributed by atoms with Crippen molar-refractivity contribution in [3.05, 3.63) is 32.3 Å². The predicted molar refractivity (Wildman–Crippen MR) is 83.9 cm³/mol. The number of hydrogen-bond donors (Lipinski definition) is 1. The average molecular weight is 320 g/mol. The lowest BCUT2D eigenvalue weighted by Gasteiger charge is -2.29. The first-order chi connectivity index (χ1) is 9.12. The fraction of sp³-hybridized carbons (Fsp3) is 0.538. The van der Waals surface area contributed by atoms with E-state index in [0.29, 0.717) is 12.2 Å². The lowest BCUT2D eigenvalue weighted by Crippen LogP contribution is -2.34. The van der Waals surface area contributed by atoms with E-state index in [4.69, 9.17) is 23.2 Å². The van der Waals surface area contributed by atoms with Gasteiger partial charge in [0.2, 0.25) is 0 Å². The van der Waals surface area contributed by atoms with Gasteiger partial charge in [0.05, 0.1) is 20.7 Å². The van der Waals surface area contributed by atoms with Crippen LogP contribution < -0.4 is 5.32 Å². The maximum Gasteiger partial charge on any atom is 0.272 e. The highest BCUT2D eigenvalue weighted by atomic mass is 35.5. The van der Waals surface area contributed by atoms with Crippen LogP contribution in [0.5, 0.6) is 0 Å². The molecule has 1 rings (SSSR count). The summed E-state index contributed by atoms with van der Waals surface area (Å²) in [7, 11) is 4.02. The van der Waals surface area contributed by atoms with E-state index in [1.54, 1.807) is 0 Å². The smallest absolute Gasteiger partial charge is 0.272 e. The fourth-order valence-corrected chi connectivity index (χ4v) is 2.68. The summed E-state index contributed by atoms with van der Waals surface area (Å²) >= 11 is 12.1. The first kappa shape index (κ1) is 17.0. The van der Waals surface area contributed by atoms with E-state index in [1.807, 2.05) is 14.1 Å². The number of benzene rings is 1. The zero-order valence-electron chi connectivity index (χ0n) is 12.0. The van der Waals surface area contributed by atoms with Gasteiger partial charge in [0.1, 0.15) is 0 Å². The Kier molecular flexibility index (Phi) is 5.62. The summed E-state index contributed by atoms with van der Waals surface area (Å²) in [6.07, 6.45) is 0. The number of non-ortho nitro benzene ring substituents is 1. The second kappa shape index (κ2) is 6.61. The Bertz CT molecular complexity index is 481. The quantitative estimate of drug-likeness (QED) is 0.638. The molecule has 0 aromatic heterocycles. The van der Waals surface area contributed by atoms with E-state index in [1.165, 1.54) is 12.1 Å². The average Bonchev–Trinajstić information content (AvgIpc) is 2.25. The number of nitrogens with zero attached hydrogens (tertiary/aromatic N) is 2. The standard InChI is InChI=1S/C13H19Cl2N3O2/c1-13(2,8-17(3)4)7-16-12-10(14)5-9(18(19)20)6-11(12)15/h5-6,16H,7-8H2,1-4H3. The fourth-order valence-electron chi connectivity index (χ4n) is 2.07. The maximum absolute atomic E-state index is 10.7. The van der Waals surface area contributed by atoms with Crippen LogP contribution in [-0.4, -0.2) is 37.0 Å². The molecule has 112 valence electrons. The maximum atomic E-state index is 10.7. The van der Waals surface area contributed by atoms with Gasteiger partial charge in [-0.3, -0.25) is 10.1 Å². The van der Waals surface area contributed by atoms with Crippen molar-refractivity contribution in [1.29, 1.82) is 0 Å². The molecule has 5 nitrogen and oxygen atoms in total. The molecule has 7 heteroatoms. The Balaban J connectivity index is 2.86. The van der Waals surface area contributed by atoms with Crippen molar-refractivity contribution in [1.82, 2.24) is 4.90 Å². The van der Waals surface area contributed by atoms with E-state index < -0.39 is 4.92 Å². The minimum absolute atomic E-state index is 0.0118. The predicted octanol–water partition coefficient (Wildman–Crippen LogP) is 3.90. The summed E-state index contributed by atoms with van der Waals surface area (Å²) in [4.78, 5) is 12.3. The van der Waals surface area contributed by atoms with Crippen LogP contribution in [-0.2, 0) is 0 Å². The molecule has 0 atom stereocenters. The zero-order chi connectivity index (χ0) is 15.5. The SMILES string of the molecule is CN(C)CC(C)(C)CNc1c(Cl)cc([N+](=O)[O-])cc1Cl. The number of nitro groups is 1. The minimum atomic E-state index is -0.516. The van der Waals surface area contributed by atoms with Gasteiger partial charge in [-0.25, -0.2) is 0 Å². The summed E-state index contributed by atoms with van der Waals surface area (Å²) in [5.74, 6) is 0. The van der Waals surface area contributed by atoms with Crippen LogP contribution in [0.15, 0.2) is 12.1 Å². The Hall–Kier alpha value is -1.04. The monoisotopic (exact) mass is 319 g/mol. The third kappa shape index (κ3) is 4.81. The van der Waals surface area contributed by atoms with Crippen molar-refractivity contribution < 1.29 is 4.92 Å². The summed E-state index contributed by atoms with van der Waals surface area (Å²) in [6, 6.07) is 2.60. The highest BCUT2D eigenvalue weighted by molar-refractivity contribution is 6.39. The van der Waals surface area contributed by atoms with E-state index in [2.05, 4.69) is 24.1 Å². The van der Waals surface area contributed by atoms with Crippen molar-refractivity contribution in [3.63, 3.8) is 0 Å². The molecule has 0 fully saturated rings. The molecule has 1 N–H and O–H groups in total. The number of hydrogen-bond acceptors (Lipinski definition) is 4. The molecule has 0 saturated heterocycles. The number of nitro benzene ring substituents is 1. The first-order valence-corrected chi connectivity index (χ1v) is 6.90. The van der Waals surface area contributed by atoms with Crippen LogP contribution in [0.25, 0.3) is 0 Å². The summed E-state index contributed by atoms with van der Waals surface area (Å²) in [5, 5.41) is 14.4. The third-order valence-electron chi connectivity index (χ3n) is 2.73. The topological polar surface area (TPSA) is 58.4 Å². The molecule has 20 heavy (non-hydrogen) atoms. The van der Waals surface area contributed by atoms with Crippen molar-refractivity contribution in [2.75, 3.05) is 32.5 Å². The van der Waals surface area contributed by atoms with Crippen LogP contribution in [0.1, 0.15) is 13.8 Å². The molecule has 1 aromatic carbocycles. The molecular weight excluding hydrogens is 301 g/mol. The highest BCUT2D eigenvalue weighted by Gasteiger charge is 2.21. The van der Waals surface area contributed by atoms with Crippen LogP contribution in [0, 0.1) is 15.5 Å². The van der Waals surface area contributed by atoms with Gasteiger partial charge in [0, 0.05) is 25.2 Å². The molecule has 1 aromatic rings. The molecule has 0 bridgehead atoms. The third-order valence-corrected chi connectivity index (χ3v) is 3.32. The van der Waals surface area contributed by atoms with E-state index in [-0.39, 0.29) is 21.1 Å².